The zero-order chi connectivity index (χ0) is 16.4. The van der Waals surface area contributed by atoms with Crippen LogP contribution in [0.2, 0.25) is 0 Å². The number of ether oxygens (including phenoxy) is 1. The first-order chi connectivity index (χ1) is 11.1. The van der Waals surface area contributed by atoms with Gasteiger partial charge in [0.15, 0.2) is 0 Å². The van der Waals surface area contributed by atoms with Crippen LogP contribution in [0.15, 0.2) is 18.2 Å². The lowest BCUT2D eigenvalue weighted by molar-refractivity contribution is -0.138. The lowest BCUT2D eigenvalue weighted by Crippen LogP contribution is -2.42. The summed E-state index contributed by atoms with van der Waals surface area (Å²) in [5, 5.41) is 9.13. The van der Waals surface area contributed by atoms with Crippen LogP contribution in [0.4, 0.5) is 0 Å². The van der Waals surface area contributed by atoms with Gasteiger partial charge in [0.2, 0.25) is 5.91 Å². The summed E-state index contributed by atoms with van der Waals surface area (Å²) >= 11 is 0. The number of carbonyl (C=O) groups is 2. The molecule has 2 heterocycles. The predicted octanol–water partition coefficient (Wildman–Crippen LogP) is 2.33. The molecule has 1 fully saturated rings. The molecule has 3 rings (SSSR count). The summed E-state index contributed by atoms with van der Waals surface area (Å²) in [4.78, 5) is 25.8. The van der Waals surface area contributed by atoms with Gasteiger partial charge in [-0.25, -0.2) is 4.79 Å². The first-order valence-corrected chi connectivity index (χ1v) is 8.28. The molecule has 2 aliphatic rings. The fourth-order valence-corrected chi connectivity index (χ4v) is 3.58. The lowest BCUT2D eigenvalue weighted by Gasteiger charge is -2.34. The molecule has 124 valence electrons. The van der Waals surface area contributed by atoms with E-state index in [4.69, 9.17) is 9.84 Å². The zero-order valence-electron chi connectivity index (χ0n) is 13.5. The van der Waals surface area contributed by atoms with Gasteiger partial charge >= 0.3 is 5.97 Å². The molecule has 5 heteroatoms. The second-order valence-corrected chi connectivity index (χ2v) is 6.54. The number of carboxylic acid groups (broad SMARTS) is 1. The van der Waals surface area contributed by atoms with E-state index in [-0.39, 0.29) is 17.4 Å². The number of amides is 1. The van der Waals surface area contributed by atoms with Crippen LogP contribution in [0.25, 0.3) is 0 Å². The SMILES string of the molecule is CC(C(=O)N1CCc2ccc(C(=O)O)cc2C1)C1CCOCC1. The Morgan fingerprint density at radius 3 is 2.70 bits per heavy atom. The van der Waals surface area contributed by atoms with E-state index in [1.165, 1.54) is 0 Å². The van der Waals surface area contributed by atoms with Gasteiger partial charge in [-0.15, -0.1) is 0 Å². The predicted molar refractivity (Wildman–Crippen MR) is 85.2 cm³/mol. The molecular formula is C18H23NO4. The molecule has 1 atom stereocenters. The Bertz CT molecular complexity index is 607. The van der Waals surface area contributed by atoms with Gasteiger partial charge in [0.05, 0.1) is 5.56 Å². The van der Waals surface area contributed by atoms with Crippen molar-refractivity contribution in [1.82, 2.24) is 4.90 Å². The van der Waals surface area contributed by atoms with Crippen molar-refractivity contribution in [1.29, 1.82) is 0 Å². The van der Waals surface area contributed by atoms with Crippen LogP contribution in [-0.4, -0.2) is 41.6 Å². The van der Waals surface area contributed by atoms with E-state index in [1.54, 1.807) is 12.1 Å². The Labute approximate surface area is 136 Å². The smallest absolute Gasteiger partial charge is 0.335 e. The molecule has 2 aliphatic heterocycles. The van der Waals surface area contributed by atoms with E-state index < -0.39 is 5.97 Å². The van der Waals surface area contributed by atoms with Gasteiger partial charge in [-0.3, -0.25) is 4.79 Å². The molecule has 1 unspecified atom stereocenters. The normalized spacial score (nSPS) is 20.0. The second kappa shape index (κ2) is 6.71. The topological polar surface area (TPSA) is 66.8 Å². The van der Waals surface area contributed by atoms with Gasteiger partial charge in [-0.1, -0.05) is 13.0 Å². The highest BCUT2D eigenvalue weighted by atomic mass is 16.5. The maximum atomic E-state index is 12.8. The molecule has 1 aromatic rings. The fraction of sp³-hybridized carbons (Fsp3) is 0.556. The highest BCUT2D eigenvalue weighted by Crippen LogP contribution is 2.28. The van der Waals surface area contributed by atoms with Crippen LogP contribution in [0, 0.1) is 11.8 Å². The molecular weight excluding hydrogens is 294 g/mol. The summed E-state index contributed by atoms with van der Waals surface area (Å²) in [6.45, 7) is 4.73. The van der Waals surface area contributed by atoms with Crippen LogP contribution in [0.1, 0.15) is 41.3 Å². The van der Waals surface area contributed by atoms with Crippen LogP contribution < -0.4 is 0 Å². The number of benzene rings is 1. The third-order valence-corrected chi connectivity index (χ3v) is 5.14. The van der Waals surface area contributed by atoms with Crippen molar-refractivity contribution in [2.45, 2.75) is 32.7 Å². The monoisotopic (exact) mass is 317 g/mol. The molecule has 23 heavy (non-hydrogen) atoms. The zero-order valence-corrected chi connectivity index (χ0v) is 13.5. The summed E-state index contributed by atoms with van der Waals surface area (Å²) in [7, 11) is 0. The lowest BCUT2D eigenvalue weighted by atomic mass is 9.85. The van der Waals surface area contributed by atoms with Gasteiger partial charge in [0.25, 0.3) is 0 Å². The van der Waals surface area contributed by atoms with Crippen LogP contribution in [0.5, 0.6) is 0 Å². The third kappa shape index (κ3) is 3.39. The Hall–Kier alpha value is -1.88. The fourth-order valence-electron chi connectivity index (χ4n) is 3.58. The van der Waals surface area contributed by atoms with Gasteiger partial charge in [-0.2, -0.15) is 0 Å². The van der Waals surface area contributed by atoms with Gasteiger partial charge < -0.3 is 14.7 Å². The molecule has 1 saturated heterocycles. The van der Waals surface area contributed by atoms with Crippen molar-refractivity contribution in [3.8, 4) is 0 Å². The van der Waals surface area contributed by atoms with Crippen molar-refractivity contribution in [3.63, 3.8) is 0 Å². The first-order valence-electron chi connectivity index (χ1n) is 8.28. The maximum Gasteiger partial charge on any atom is 0.335 e. The van der Waals surface area contributed by atoms with E-state index in [0.29, 0.717) is 19.0 Å². The molecule has 1 amide bonds. The summed E-state index contributed by atoms with van der Waals surface area (Å²) in [5.41, 5.74) is 2.40. The second-order valence-electron chi connectivity index (χ2n) is 6.54. The number of carboxylic acids is 1. The first kappa shape index (κ1) is 16.0. The van der Waals surface area contributed by atoms with Gasteiger partial charge in [0.1, 0.15) is 0 Å². The van der Waals surface area contributed by atoms with E-state index in [0.717, 1.165) is 43.6 Å². The number of aromatic carboxylic acids is 1. The Morgan fingerprint density at radius 1 is 1.26 bits per heavy atom. The van der Waals surface area contributed by atoms with Crippen molar-refractivity contribution in [3.05, 3.63) is 34.9 Å². The van der Waals surface area contributed by atoms with E-state index in [1.807, 2.05) is 17.9 Å². The van der Waals surface area contributed by atoms with Crippen molar-refractivity contribution >= 4 is 11.9 Å². The van der Waals surface area contributed by atoms with Gasteiger partial charge in [0, 0.05) is 32.2 Å². The Balaban J connectivity index is 1.71. The van der Waals surface area contributed by atoms with Crippen molar-refractivity contribution in [2.75, 3.05) is 19.8 Å². The average Bonchev–Trinajstić information content (AvgIpc) is 2.60. The maximum absolute atomic E-state index is 12.8. The Kier molecular flexibility index (Phi) is 4.66. The molecule has 5 nitrogen and oxygen atoms in total. The minimum absolute atomic E-state index is 0.00288. The molecule has 0 aromatic heterocycles. The minimum atomic E-state index is -0.924. The molecule has 0 bridgehead atoms. The van der Waals surface area contributed by atoms with Crippen molar-refractivity contribution in [2.24, 2.45) is 11.8 Å². The number of rotatable bonds is 3. The number of fused-ring (bicyclic) bond motifs is 1. The standard InChI is InChI=1S/C18H23NO4/c1-12(13-5-8-23-9-6-13)17(20)19-7-4-14-2-3-15(18(21)22)10-16(14)11-19/h2-3,10,12-13H,4-9,11H2,1H3,(H,21,22). The average molecular weight is 317 g/mol. The molecule has 1 N–H and O–H groups in total. The third-order valence-electron chi connectivity index (χ3n) is 5.14. The van der Waals surface area contributed by atoms with E-state index >= 15 is 0 Å². The summed E-state index contributed by atoms with van der Waals surface area (Å²) in [6.07, 6.45) is 2.68. The number of hydrogen-bond donors (Lipinski definition) is 1. The molecule has 0 aliphatic carbocycles. The van der Waals surface area contributed by atoms with E-state index in [2.05, 4.69) is 0 Å². The molecule has 0 saturated carbocycles. The molecule has 0 radical (unpaired) electrons. The minimum Gasteiger partial charge on any atom is -0.478 e. The summed E-state index contributed by atoms with van der Waals surface area (Å²) < 4.78 is 5.38. The summed E-state index contributed by atoms with van der Waals surface area (Å²) in [6, 6.07) is 5.22. The Morgan fingerprint density at radius 2 is 2.00 bits per heavy atom. The van der Waals surface area contributed by atoms with Crippen LogP contribution in [-0.2, 0) is 22.5 Å². The highest BCUT2D eigenvalue weighted by molar-refractivity contribution is 5.88. The van der Waals surface area contributed by atoms with Crippen LogP contribution >= 0.6 is 0 Å². The quantitative estimate of drug-likeness (QED) is 0.929. The van der Waals surface area contributed by atoms with Gasteiger partial charge in [-0.05, 0) is 48.4 Å². The molecule has 1 aromatic carbocycles. The van der Waals surface area contributed by atoms with E-state index in [9.17, 15) is 9.59 Å². The summed E-state index contributed by atoms with van der Waals surface area (Å²) in [5.74, 6) is -0.346. The number of hydrogen-bond acceptors (Lipinski definition) is 3. The number of carbonyl (C=O) groups excluding carboxylic acids is 1. The molecule has 0 spiro atoms. The number of nitrogens with zero attached hydrogens (tertiary/aromatic N) is 1. The van der Waals surface area contributed by atoms with Crippen LogP contribution in [0.3, 0.4) is 0 Å². The largest absolute Gasteiger partial charge is 0.478 e. The van der Waals surface area contributed by atoms with Crippen molar-refractivity contribution < 1.29 is 19.4 Å². The highest BCUT2D eigenvalue weighted by Gasteiger charge is 2.31.